The molecule has 0 N–H and O–H groups in total. The number of carbonyl (C=O) groups excluding carboxylic acids is 1. The summed E-state index contributed by atoms with van der Waals surface area (Å²) in [5.74, 6) is -0.00852. The van der Waals surface area contributed by atoms with Gasteiger partial charge in [0.2, 0.25) is 5.78 Å². The van der Waals surface area contributed by atoms with Gasteiger partial charge < -0.3 is 4.42 Å². The van der Waals surface area contributed by atoms with E-state index in [1.165, 1.54) is 28.5 Å². The Labute approximate surface area is 105 Å². The van der Waals surface area contributed by atoms with Crippen LogP contribution in [0.15, 0.2) is 45.4 Å². The zero-order chi connectivity index (χ0) is 12.5. The molecule has 18 heavy (non-hydrogen) atoms. The van der Waals surface area contributed by atoms with Crippen LogP contribution in [-0.2, 0) is 6.54 Å². The van der Waals surface area contributed by atoms with Gasteiger partial charge in [-0.15, -0.1) is 11.3 Å². The van der Waals surface area contributed by atoms with Gasteiger partial charge in [-0.1, -0.05) is 0 Å². The van der Waals surface area contributed by atoms with Crippen molar-refractivity contribution in [3.8, 4) is 0 Å². The lowest BCUT2D eigenvalue weighted by atomic mass is 10.3. The topological polar surface area (TPSA) is 65.1 Å². The summed E-state index contributed by atoms with van der Waals surface area (Å²) in [4.78, 5) is 28.7. The van der Waals surface area contributed by atoms with Gasteiger partial charge in [0.15, 0.2) is 5.76 Å². The molecular formula is C12H8N2O3S. The monoisotopic (exact) mass is 260 g/mol. The maximum atomic E-state index is 12.0. The smallest absolute Gasteiger partial charge is 0.262 e. The minimum atomic E-state index is -0.251. The van der Waals surface area contributed by atoms with Crippen LogP contribution in [0.4, 0.5) is 0 Å². The second-order valence-corrected chi connectivity index (χ2v) is 4.61. The van der Waals surface area contributed by atoms with Crippen molar-refractivity contribution in [1.29, 1.82) is 0 Å². The van der Waals surface area contributed by atoms with Gasteiger partial charge in [0.05, 0.1) is 24.5 Å². The summed E-state index contributed by atoms with van der Waals surface area (Å²) in [6, 6.07) is 4.92. The average Bonchev–Trinajstić information content (AvgIpc) is 3.02. The molecule has 0 amide bonds. The van der Waals surface area contributed by atoms with E-state index >= 15 is 0 Å². The number of fused-ring (bicyclic) bond motifs is 1. The highest BCUT2D eigenvalue weighted by atomic mass is 32.1. The van der Waals surface area contributed by atoms with Crippen LogP contribution < -0.4 is 5.56 Å². The first-order valence-corrected chi connectivity index (χ1v) is 6.13. The number of thiophene rings is 1. The molecule has 3 heterocycles. The second-order valence-electron chi connectivity index (χ2n) is 3.72. The Morgan fingerprint density at radius 3 is 3.11 bits per heavy atom. The van der Waals surface area contributed by atoms with Crippen molar-refractivity contribution in [3.63, 3.8) is 0 Å². The Bertz CT molecular complexity index is 755. The summed E-state index contributed by atoms with van der Waals surface area (Å²) in [5, 5.41) is 2.34. The largest absolute Gasteiger partial charge is 0.461 e. The van der Waals surface area contributed by atoms with Crippen molar-refractivity contribution >= 4 is 27.3 Å². The fraction of sp³-hybridized carbons (Fsp3) is 0.0833. The molecule has 0 saturated carbocycles. The molecule has 0 atom stereocenters. The maximum absolute atomic E-state index is 12.0. The summed E-state index contributed by atoms with van der Waals surface area (Å²) in [6.07, 6.45) is 2.82. The Morgan fingerprint density at radius 1 is 1.44 bits per heavy atom. The van der Waals surface area contributed by atoms with E-state index in [-0.39, 0.29) is 23.6 Å². The molecule has 0 unspecified atom stereocenters. The third-order valence-electron chi connectivity index (χ3n) is 2.56. The van der Waals surface area contributed by atoms with Gasteiger partial charge in [0, 0.05) is 0 Å². The molecule has 6 heteroatoms. The third-order valence-corrected chi connectivity index (χ3v) is 3.38. The Hall–Kier alpha value is -2.21. The number of rotatable bonds is 3. The number of hydrogen-bond donors (Lipinski definition) is 0. The van der Waals surface area contributed by atoms with E-state index in [1.54, 1.807) is 23.6 Å². The van der Waals surface area contributed by atoms with Gasteiger partial charge >= 0.3 is 0 Å². The Kier molecular flexibility index (Phi) is 2.56. The van der Waals surface area contributed by atoms with E-state index in [4.69, 9.17) is 4.42 Å². The number of nitrogens with zero attached hydrogens (tertiary/aromatic N) is 2. The molecule has 0 radical (unpaired) electrons. The minimum Gasteiger partial charge on any atom is -0.461 e. The summed E-state index contributed by atoms with van der Waals surface area (Å²) in [5.41, 5.74) is -0.207. The van der Waals surface area contributed by atoms with E-state index in [1.807, 2.05) is 0 Å². The van der Waals surface area contributed by atoms with E-state index in [2.05, 4.69) is 4.98 Å². The van der Waals surface area contributed by atoms with Crippen molar-refractivity contribution in [1.82, 2.24) is 9.55 Å². The molecule has 0 saturated heterocycles. The first kappa shape index (κ1) is 10.9. The summed E-state index contributed by atoms with van der Waals surface area (Å²) in [7, 11) is 0. The lowest BCUT2D eigenvalue weighted by Crippen LogP contribution is -2.24. The van der Waals surface area contributed by atoms with Crippen LogP contribution in [0.5, 0.6) is 0 Å². The first-order valence-electron chi connectivity index (χ1n) is 5.25. The van der Waals surface area contributed by atoms with Crippen LogP contribution in [0.2, 0.25) is 0 Å². The number of hydrogen-bond acceptors (Lipinski definition) is 5. The predicted octanol–water partition coefficient (Wildman–Crippen LogP) is 1.93. The highest BCUT2D eigenvalue weighted by molar-refractivity contribution is 7.16. The van der Waals surface area contributed by atoms with Crippen molar-refractivity contribution in [2.45, 2.75) is 6.54 Å². The molecule has 0 aliphatic carbocycles. The van der Waals surface area contributed by atoms with Crippen LogP contribution in [0, 0.1) is 0 Å². The standard InChI is InChI=1S/C12H8N2O3S/c15-9(10-2-1-4-17-10)6-14-7-13-11-8(12(14)16)3-5-18-11/h1-5,7H,6H2. The highest BCUT2D eigenvalue weighted by Gasteiger charge is 2.12. The quantitative estimate of drug-likeness (QED) is 0.675. The van der Waals surface area contributed by atoms with E-state index in [0.717, 1.165) is 0 Å². The molecule has 3 aromatic heterocycles. The zero-order valence-corrected chi connectivity index (χ0v) is 10.0. The third kappa shape index (κ3) is 1.76. The number of furan rings is 1. The molecule has 3 aromatic rings. The van der Waals surface area contributed by atoms with Gasteiger partial charge in [0.1, 0.15) is 4.83 Å². The molecule has 5 nitrogen and oxygen atoms in total. The summed E-state index contributed by atoms with van der Waals surface area (Å²) >= 11 is 1.40. The number of aromatic nitrogens is 2. The molecule has 0 aliphatic rings. The SMILES string of the molecule is O=C(Cn1cnc2sccc2c1=O)c1ccco1. The molecule has 0 fully saturated rings. The predicted molar refractivity (Wildman–Crippen MR) is 66.9 cm³/mol. The zero-order valence-electron chi connectivity index (χ0n) is 9.20. The van der Waals surface area contributed by atoms with Gasteiger partial charge in [-0.3, -0.25) is 14.2 Å². The van der Waals surface area contributed by atoms with Crippen molar-refractivity contribution < 1.29 is 9.21 Å². The van der Waals surface area contributed by atoms with Crippen LogP contribution >= 0.6 is 11.3 Å². The Balaban J connectivity index is 1.98. The number of carbonyl (C=O) groups is 1. The Morgan fingerprint density at radius 2 is 2.33 bits per heavy atom. The van der Waals surface area contributed by atoms with Gasteiger partial charge in [-0.25, -0.2) is 4.98 Å². The summed E-state index contributed by atoms with van der Waals surface area (Å²) < 4.78 is 6.29. The van der Waals surface area contributed by atoms with Gasteiger partial charge in [0.25, 0.3) is 5.56 Å². The molecule has 3 rings (SSSR count). The molecule has 0 bridgehead atoms. The average molecular weight is 260 g/mol. The molecule has 0 aromatic carbocycles. The molecule has 0 spiro atoms. The fourth-order valence-corrected chi connectivity index (χ4v) is 2.40. The fourth-order valence-electron chi connectivity index (χ4n) is 1.68. The van der Waals surface area contributed by atoms with Crippen LogP contribution in [-0.4, -0.2) is 15.3 Å². The van der Waals surface area contributed by atoms with Crippen LogP contribution in [0.25, 0.3) is 10.2 Å². The molecule has 0 aliphatic heterocycles. The van der Waals surface area contributed by atoms with Gasteiger partial charge in [-0.05, 0) is 23.6 Å². The molecule has 90 valence electrons. The van der Waals surface area contributed by atoms with Crippen molar-refractivity contribution in [3.05, 3.63) is 52.3 Å². The van der Waals surface area contributed by atoms with Crippen molar-refractivity contribution in [2.75, 3.05) is 0 Å². The first-order chi connectivity index (χ1) is 8.75. The van der Waals surface area contributed by atoms with Crippen molar-refractivity contribution in [2.24, 2.45) is 0 Å². The van der Waals surface area contributed by atoms with E-state index < -0.39 is 0 Å². The van der Waals surface area contributed by atoms with Crippen LogP contribution in [0.3, 0.4) is 0 Å². The summed E-state index contributed by atoms with van der Waals surface area (Å²) in [6.45, 7) is -0.0644. The van der Waals surface area contributed by atoms with E-state index in [0.29, 0.717) is 10.2 Å². The second kappa shape index (κ2) is 4.23. The van der Waals surface area contributed by atoms with E-state index in [9.17, 15) is 9.59 Å². The number of ketones is 1. The molecular weight excluding hydrogens is 252 g/mol. The lowest BCUT2D eigenvalue weighted by molar-refractivity contribution is 0.0943. The normalized spacial score (nSPS) is 10.9. The highest BCUT2D eigenvalue weighted by Crippen LogP contribution is 2.13. The lowest BCUT2D eigenvalue weighted by Gasteiger charge is -2.02. The number of Topliss-reactive ketones (excluding diaryl/α,β-unsaturated/α-hetero) is 1. The minimum absolute atomic E-state index is 0.0644. The van der Waals surface area contributed by atoms with Crippen LogP contribution in [0.1, 0.15) is 10.6 Å². The maximum Gasteiger partial charge on any atom is 0.262 e. The van der Waals surface area contributed by atoms with Gasteiger partial charge in [-0.2, -0.15) is 0 Å².